The van der Waals surface area contributed by atoms with Gasteiger partial charge >= 0.3 is 0 Å². The van der Waals surface area contributed by atoms with Crippen molar-refractivity contribution in [3.05, 3.63) is 67.1 Å². The number of nitrogens with two attached hydrogens (primary N) is 1. The van der Waals surface area contributed by atoms with Crippen LogP contribution in [0.4, 0.5) is 0 Å². The van der Waals surface area contributed by atoms with Gasteiger partial charge in [-0.05, 0) is 66.8 Å². The molecular formula is C16H17Br2N. The lowest BCUT2D eigenvalue weighted by Crippen LogP contribution is -2.14. The average Bonchev–Trinajstić information content (AvgIpc) is 2.31. The second kappa shape index (κ2) is 5.78. The second-order valence-corrected chi connectivity index (χ2v) is 6.77. The van der Waals surface area contributed by atoms with E-state index in [1.165, 1.54) is 22.3 Å². The van der Waals surface area contributed by atoms with Crippen LogP contribution in [0.3, 0.4) is 0 Å². The zero-order valence-electron chi connectivity index (χ0n) is 11.3. The van der Waals surface area contributed by atoms with Crippen LogP contribution in [-0.2, 0) is 0 Å². The van der Waals surface area contributed by atoms with Crippen LogP contribution in [0.1, 0.15) is 33.9 Å². The average molecular weight is 383 g/mol. The van der Waals surface area contributed by atoms with Gasteiger partial charge in [0.1, 0.15) is 0 Å². The van der Waals surface area contributed by atoms with E-state index in [1.807, 2.05) is 0 Å². The van der Waals surface area contributed by atoms with Crippen LogP contribution in [0.2, 0.25) is 0 Å². The van der Waals surface area contributed by atoms with Crippen LogP contribution in [0.15, 0.2) is 39.3 Å². The van der Waals surface area contributed by atoms with Crippen LogP contribution < -0.4 is 5.73 Å². The Balaban J connectivity index is 2.49. The van der Waals surface area contributed by atoms with Crippen molar-refractivity contribution in [2.75, 3.05) is 0 Å². The van der Waals surface area contributed by atoms with Gasteiger partial charge in [-0.15, -0.1) is 0 Å². The summed E-state index contributed by atoms with van der Waals surface area (Å²) in [5.74, 6) is 0. The van der Waals surface area contributed by atoms with Gasteiger partial charge in [-0.1, -0.05) is 44.0 Å². The van der Waals surface area contributed by atoms with Crippen LogP contribution in [0.25, 0.3) is 0 Å². The molecule has 0 saturated heterocycles. The number of aryl methyl sites for hydroxylation is 3. The molecule has 0 aliphatic carbocycles. The molecule has 1 atom stereocenters. The molecule has 100 valence electrons. The molecule has 0 radical (unpaired) electrons. The van der Waals surface area contributed by atoms with Crippen molar-refractivity contribution in [2.24, 2.45) is 5.73 Å². The van der Waals surface area contributed by atoms with E-state index in [0.29, 0.717) is 0 Å². The van der Waals surface area contributed by atoms with Gasteiger partial charge in [0.2, 0.25) is 0 Å². The van der Waals surface area contributed by atoms with Gasteiger partial charge in [-0.3, -0.25) is 0 Å². The molecule has 1 unspecified atom stereocenters. The molecular weight excluding hydrogens is 366 g/mol. The Morgan fingerprint density at radius 1 is 0.895 bits per heavy atom. The first-order chi connectivity index (χ1) is 8.88. The molecule has 1 nitrogen and oxygen atoms in total. The molecule has 0 amide bonds. The Hall–Kier alpha value is -0.640. The number of halogens is 2. The molecule has 2 aromatic carbocycles. The van der Waals surface area contributed by atoms with E-state index in [4.69, 9.17) is 5.73 Å². The lowest BCUT2D eigenvalue weighted by atomic mass is 9.93. The van der Waals surface area contributed by atoms with Gasteiger partial charge in [0, 0.05) is 8.95 Å². The summed E-state index contributed by atoms with van der Waals surface area (Å²) >= 11 is 7.10. The maximum Gasteiger partial charge on any atom is 0.0554 e. The van der Waals surface area contributed by atoms with E-state index >= 15 is 0 Å². The maximum atomic E-state index is 6.44. The molecule has 2 N–H and O–H groups in total. The van der Waals surface area contributed by atoms with E-state index < -0.39 is 0 Å². The van der Waals surface area contributed by atoms with Gasteiger partial charge in [0.15, 0.2) is 0 Å². The summed E-state index contributed by atoms with van der Waals surface area (Å²) in [5, 5.41) is 0. The third-order valence-electron chi connectivity index (χ3n) is 3.31. The molecule has 0 heterocycles. The maximum absolute atomic E-state index is 6.44. The second-order valence-electron chi connectivity index (χ2n) is 5.00. The fourth-order valence-electron chi connectivity index (χ4n) is 2.26. The smallest absolute Gasteiger partial charge is 0.0554 e. The Morgan fingerprint density at radius 2 is 1.58 bits per heavy atom. The predicted octanol–water partition coefficient (Wildman–Crippen LogP) is 5.18. The number of hydrogen-bond acceptors (Lipinski definition) is 1. The van der Waals surface area contributed by atoms with E-state index in [2.05, 4.69) is 83.0 Å². The number of benzene rings is 2. The highest BCUT2D eigenvalue weighted by Gasteiger charge is 2.14. The highest BCUT2D eigenvalue weighted by molar-refractivity contribution is 9.10. The molecule has 0 aliphatic heterocycles. The summed E-state index contributed by atoms with van der Waals surface area (Å²) in [6.45, 7) is 6.27. The van der Waals surface area contributed by atoms with Crippen molar-refractivity contribution >= 4 is 31.9 Å². The highest BCUT2D eigenvalue weighted by Crippen LogP contribution is 2.29. The minimum atomic E-state index is -0.0944. The molecule has 0 saturated carbocycles. The summed E-state index contributed by atoms with van der Waals surface area (Å²) in [6.07, 6.45) is 0. The fraction of sp³-hybridized carbons (Fsp3) is 0.250. The van der Waals surface area contributed by atoms with Crippen LogP contribution in [0, 0.1) is 20.8 Å². The Morgan fingerprint density at radius 3 is 2.21 bits per heavy atom. The zero-order chi connectivity index (χ0) is 14.2. The lowest BCUT2D eigenvalue weighted by Gasteiger charge is -2.18. The zero-order valence-corrected chi connectivity index (χ0v) is 14.5. The first-order valence-corrected chi connectivity index (χ1v) is 7.76. The molecule has 0 aliphatic rings. The van der Waals surface area contributed by atoms with Crippen molar-refractivity contribution in [3.8, 4) is 0 Å². The van der Waals surface area contributed by atoms with E-state index in [1.54, 1.807) is 0 Å². The molecule has 0 bridgehead atoms. The third kappa shape index (κ3) is 3.28. The van der Waals surface area contributed by atoms with Crippen molar-refractivity contribution < 1.29 is 0 Å². The van der Waals surface area contributed by atoms with E-state index in [9.17, 15) is 0 Å². The van der Waals surface area contributed by atoms with Gasteiger partial charge in [0.25, 0.3) is 0 Å². The third-order valence-corrected chi connectivity index (χ3v) is 4.62. The SMILES string of the molecule is Cc1cc(Br)cc(C(N)c2cc(C)c(Br)cc2C)c1. The largest absolute Gasteiger partial charge is 0.320 e. The van der Waals surface area contributed by atoms with Gasteiger partial charge in [-0.25, -0.2) is 0 Å². The molecule has 0 aromatic heterocycles. The van der Waals surface area contributed by atoms with Crippen molar-refractivity contribution in [3.63, 3.8) is 0 Å². The topological polar surface area (TPSA) is 26.0 Å². The standard InChI is InChI=1S/C16H17Br2N/c1-9-4-12(8-13(17)5-9)16(19)14-6-11(3)15(18)7-10(14)2/h4-8,16H,19H2,1-3H3. The summed E-state index contributed by atoms with van der Waals surface area (Å²) in [5.41, 5.74) is 12.4. The monoisotopic (exact) mass is 381 g/mol. The molecule has 2 rings (SSSR count). The first-order valence-electron chi connectivity index (χ1n) is 6.18. The van der Waals surface area contributed by atoms with Crippen LogP contribution in [0.5, 0.6) is 0 Å². The number of hydrogen-bond donors (Lipinski definition) is 1. The first kappa shape index (κ1) is 14.8. The van der Waals surface area contributed by atoms with E-state index in [-0.39, 0.29) is 6.04 Å². The highest BCUT2D eigenvalue weighted by atomic mass is 79.9. The Labute approximate surface area is 131 Å². The van der Waals surface area contributed by atoms with Crippen molar-refractivity contribution in [2.45, 2.75) is 26.8 Å². The molecule has 2 aromatic rings. The van der Waals surface area contributed by atoms with Crippen LogP contribution >= 0.6 is 31.9 Å². The minimum absolute atomic E-state index is 0.0944. The van der Waals surface area contributed by atoms with Crippen molar-refractivity contribution in [1.82, 2.24) is 0 Å². The Bertz CT molecular complexity index is 600. The van der Waals surface area contributed by atoms with Crippen molar-refractivity contribution in [1.29, 1.82) is 0 Å². The summed E-state index contributed by atoms with van der Waals surface area (Å²) < 4.78 is 2.20. The van der Waals surface area contributed by atoms with E-state index in [0.717, 1.165) is 14.5 Å². The quantitative estimate of drug-likeness (QED) is 0.760. The summed E-state index contributed by atoms with van der Waals surface area (Å²) in [6, 6.07) is 10.5. The summed E-state index contributed by atoms with van der Waals surface area (Å²) in [4.78, 5) is 0. The molecule has 0 fully saturated rings. The van der Waals surface area contributed by atoms with Gasteiger partial charge in [-0.2, -0.15) is 0 Å². The minimum Gasteiger partial charge on any atom is -0.320 e. The Kier molecular flexibility index (Phi) is 4.49. The normalized spacial score (nSPS) is 12.5. The summed E-state index contributed by atoms with van der Waals surface area (Å²) in [7, 11) is 0. The molecule has 3 heteroatoms. The van der Waals surface area contributed by atoms with Crippen LogP contribution in [-0.4, -0.2) is 0 Å². The fourth-order valence-corrected chi connectivity index (χ4v) is 3.35. The van der Waals surface area contributed by atoms with Gasteiger partial charge in [0.05, 0.1) is 6.04 Å². The lowest BCUT2D eigenvalue weighted by molar-refractivity contribution is 0.856. The van der Waals surface area contributed by atoms with Gasteiger partial charge < -0.3 is 5.73 Å². The molecule has 19 heavy (non-hydrogen) atoms. The predicted molar refractivity (Wildman–Crippen MR) is 88.5 cm³/mol. The molecule has 0 spiro atoms. The number of rotatable bonds is 2.